The Hall–Kier alpha value is -0.0800. The predicted molar refractivity (Wildman–Crippen MR) is 69.6 cm³/mol. The maximum atomic E-state index is 3.72. The van der Waals surface area contributed by atoms with Crippen molar-refractivity contribution in [3.63, 3.8) is 0 Å². The Morgan fingerprint density at radius 2 is 1.88 bits per heavy atom. The lowest BCUT2D eigenvalue weighted by Gasteiger charge is -2.45. The Morgan fingerprint density at radius 1 is 1.19 bits per heavy atom. The Bertz CT molecular complexity index is 225. The summed E-state index contributed by atoms with van der Waals surface area (Å²) in [5, 5.41) is 3.72. The molecule has 2 heteroatoms. The molecule has 94 valence electrons. The van der Waals surface area contributed by atoms with Crippen molar-refractivity contribution in [3.8, 4) is 0 Å². The van der Waals surface area contributed by atoms with Crippen molar-refractivity contribution in [2.75, 3.05) is 13.6 Å². The van der Waals surface area contributed by atoms with Gasteiger partial charge in [-0.1, -0.05) is 20.8 Å². The second kappa shape index (κ2) is 5.05. The molecule has 1 N–H and O–H groups in total. The number of nitrogens with zero attached hydrogens (tertiary/aromatic N) is 1. The van der Waals surface area contributed by atoms with E-state index >= 15 is 0 Å². The molecular weight excluding hydrogens is 196 g/mol. The molecule has 2 aliphatic rings. The first kappa shape index (κ1) is 12.4. The summed E-state index contributed by atoms with van der Waals surface area (Å²) in [5.74, 6) is 1.74. The van der Waals surface area contributed by atoms with Crippen molar-refractivity contribution in [2.45, 2.75) is 64.6 Å². The summed E-state index contributed by atoms with van der Waals surface area (Å²) in [6.45, 7) is 8.20. The predicted octanol–water partition coefficient (Wildman–Crippen LogP) is 2.49. The zero-order valence-electron chi connectivity index (χ0n) is 11.4. The highest BCUT2D eigenvalue weighted by atomic mass is 15.2. The number of nitrogens with one attached hydrogen (secondary N) is 1. The molecule has 2 saturated carbocycles. The lowest BCUT2D eigenvalue weighted by Crippen LogP contribution is -2.56. The van der Waals surface area contributed by atoms with E-state index in [0.717, 1.165) is 30.5 Å². The standard InChI is InChI=1S/C14H28N2/c1-5-15-13-9-10(2)8-11(3)14(13)16(4)12-6-7-12/h10-15H,5-9H2,1-4H3. The Labute approximate surface area is 101 Å². The molecule has 4 unspecified atom stereocenters. The zero-order chi connectivity index (χ0) is 11.7. The van der Waals surface area contributed by atoms with Crippen LogP contribution in [-0.4, -0.2) is 36.6 Å². The van der Waals surface area contributed by atoms with Crippen LogP contribution >= 0.6 is 0 Å². The molecule has 0 aliphatic heterocycles. The molecule has 4 atom stereocenters. The largest absolute Gasteiger partial charge is 0.313 e. The first-order valence-corrected chi connectivity index (χ1v) is 7.08. The van der Waals surface area contributed by atoms with Gasteiger partial charge in [0.25, 0.3) is 0 Å². The van der Waals surface area contributed by atoms with Crippen molar-refractivity contribution in [2.24, 2.45) is 11.8 Å². The Balaban J connectivity index is 2.03. The van der Waals surface area contributed by atoms with Gasteiger partial charge in [-0.2, -0.15) is 0 Å². The molecule has 0 spiro atoms. The Morgan fingerprint density at radius 3 is 2.44 bits per heavy atom. The van der Waals surface area contributed by atoms with Crippen molar-refractivity contribution in [1.29, 1.82) is 0 Å². The molecule has 0 aromatic heterocycles. The average molecular weight is 224 g/mol. The molecule has 0 heterocycles. The second-order valence-electron chi connectivity index (χ2n) is 6.11. The average Bonchev–Trinajstić information content (AvgIpc) is 2.99. The monoisotopic (exact) mass is 224 g/mol. The van der Waals surface area contributed by atoms with E-state index in [-0.39, 0.29) is 0 Å². The summed E-state index contributed by atoms with van der Waals surface area (Å²) in [5.41, 5.74) is 0. The fourth-order valence-electron chi connectivity index (χ4n) is 3.72. The van der Waals surface area contributed by atoms with Crippen molar-refractivity contribution < 1.29 is 0 Å². The highest BCUT2D eigenvalue weighted by Gasteiger charge is 2.40. The number of hydrogen-bond donors (Lipinski definition) is 1. The summed E-state index contributed by atoms with van der Waals surface area (Å²) in [6, 6.07) is 2.38. The topological polar surface area (TPSA) is 15.3 Å². The lowest BCUT2D eigenvalue weighted by atomic mass is 9.76. The number of rotatable bonds is 4. The van der Waals surface area contributed by atoms with Crippen LogP contribution in [-0.2, 0) is 0 Å². The van der Waals surface area contributed by atoms with Gasteiger partial charge in [0.1, 0.15) is 0 Å². The molecule has 2 aliphatic carbocycles. The van der Waals surface area contributed by atoms with Crippen molar-refractivity contribution in [3.05, 3.63) is 0 Å². The summed E-state index contributed by atoms with van der Waals surface area (Å²) in [6.07, 6.45) is 5.62. The Kier molecular flexibility index (Phi) is 3.91. The molecule has 16 heavy (non-hydrogen) atoms. The van der Waals surface area contributed by atoms with Gasteiger partial charge < -0.3 is 5.32 Å². The van der Waals surface area contributed by atoms with Crippen molar-refractivity contribution in [1.82, 2.24) is 10.2 Å². The van der Waals surface area contributed by atoms with Gasteiger partial charge in [0, 0.05) is 18.1 Å². The molecule has 0 bridgehead atoms. The normalized spacial score (nSPS) is 40.3. The molecule has 2 nitrogen and oxygen atoms in total. The fraction of sp³-hybridized carbons (Fsp3) is 1.00. The second-order valence-corrected chi connectivity index (χ2v) is 6.11. The molecule has 0 saturated heterocycles. The van der Waals surface area contributed by atoms with Gasteiger partial charge in [0.15, 0.2) is 0 Å². The van der Waals surface area contributed by atoms with Crippen LogP contribution in [0.2, 0.25) is 0 Å². The van der Waals surface area contributed by atoms with Gasteiger partial charge in [0.05, 0.1) is 0 Å². The smallest absolute Gasteiger partial charge is 0.0274 e. The molecule has 0 amide bonds. The third kappa shape index (κ3) is 2.60. The van der Waals surface area contributed by atoms with Crippen LogP contribution in [0.1, 0.15) is 46.5 Å². The van der Waals surface area contributed by atoms with Gasteiger partial charge in [-0.25, -0.2) is 0 Å². The van der Waals surface area contributed by atoms with E-state index in [0.29, 0.717) is 6.04 Å². The van der Waals surface area contributed by atoms with Crippen LogP contribution in [0.15, 0.2) is 0 Å². The molecule has 0 aromatic rings. The number of likely N-dealkylation sites (N-methyl/N-ethyl adjacent to an activating group) is 2. The van der Waals surface area contributed by atoms with Crippen LogP contribution in [0.5, 0.6) is 0 Å². The first-order valence-electron chi connectivity index (χ1n) is 7.08. The van der Waals surface area contributed by atoms with E-state index in [1.165, 1.54) is 25.7 Å². The first-order chi connectivity index (χ1) is 7.63. The fourth-order valence-corrected chi connectivity index (χ4v) is 3.72. The molecular formula is C14H28N2. The van der Waals surface area contributed by atoms with Crippen LogP contribution in [0.4, 0.5) is 0 Å². The van der Waals surface area contributed by atoms with Gasteiger partial charge >= 0.3 is 0 Å². The summed E-state index contributed by atoms with van der Waals surface area (Å²) < 4.78 is 0. The van der Waals surface area contributed by atoms with Crippen LogP contribution in [0.25, 0.3) is 0 Å². The van der Waals surface area contributed by atoms with E-state index in [2.05, 4.69) is 38.0 Å². The lowest BCUT2D eigenvalue weighted by molar-refractivity contribution is 0.0757. The highest BCUT2D eigenvalue weighted by molar-refractivity contribution is 4.97. The third-order valence-corrected chi connectivity index (χ3v) is 4.49. The van der Waals surface area contributed by atoms with E-state index in [1.54, 1.807) is 0 Å². The van der Waals surface area contributed by atoms with Crippen LogP contribution in [0.3, 0.4) is 0 Å². The summed E-state index contributed by atoms with van der Waals surface area (Å²) in [4.78, 5) is 2.67. The SMILES string of the molecule is CCNC1CC(C)CC(C)C1N(C)C1CC1. The minimum Gasteiger partial charge on any atom is -0.313 e. The number of hydrogen-bond acceptors (Lipinski definition) is 2. The maximum absolute atomic E-state index is 3.72. The van der Waals surface area contributed by atoms with E-state index in [1.807, 2.05) is 0 Å². The quantitative estimate of drug-likeness (QED) is 0.789. The van der Waals surface area contributed by atoms with Gasteiger partial charge in [-0.05, 0) is 51.1 Å². The highest BCUT2D eigenvalue weighted by Crippen LogP contribution is 2.37. The van der Waals surface area contributed by atoms with E-state index in [9.17, 15) is 0 Å². The van der Waals surface area contributed by atoms with E-state index < -0.39 is 0 Å². The van der Waals surface area contributed by atoms with Gasteiger partial charge in [0.2, 0.25) is 0 Å². The van der Waals surface area contributed by atoms with Crippen LogP contribution in [0, 0.1) is 11.8 Å². The summed E-state index contributed by atoms with van der Waals surface area (Å²) >= 11 is 0. The third-order valence-electron chi connectivity index (χ3n) is 4.49. The zero-order valence-corrected chi connectivity index (χ0v) is 11.4. The van der Waals surface area contributed by atoms with E-state index in [4.69, 9.17) is 0 Å². The molecule has 2 fully saturated rings. The van der Waals surface area contributed by atoms with Gasteiger partial charge in [-0.15, -0.1) is 0 Å². The van der Waals surface area contributed by atoms with Crippen LogP contribution < -0.4 is 5.32 Å². The minimum atomic E-state index is 0.717. The summed E-state index contributed by atoms with van der Waals surface area (Å²) in [7, 11) is 2.35. The van der Waals surface area contributed by atoms with Gasteiger partial charge in [-0.3, -0.25) is 4.90 Å². The minimum absolute atomic E-state index is 0.717. The van der Waals surface area contributed by atoms with Crippen molar-refractivity contribution >= 4 is 0 Å². The molecule has 0 aromatic carbocycles. The maximum Gasteiger partial charge on any atom is 0.0274 e. The molecule has 2 rings (SSSR count). The molecule has 0 radical (unpaired) electrons.